The van der Waals surface area contributed by atoms with Gasteiger partial charge in [-0.3, -0.25) is 4.79 Å². The molecule has 0 bridgehead atoms. The van der Waals surface area contributed by atoms with Crippen molar-refractivity contribution in [2.24, 2.45) is 0 Å². The Hall–Kier alpha value is -0.890. The number of rotatable bonds is 6. The van der Waals surface area contributed by atoms with E-state index in [1.165, 1.54) is 4.68 Å². The van der Waals surface area contributed by atoms with Crippen molar-refractivity contribution >= 4 is 31.5 Å². The van der Waals surface area contributed by atoms with E-state index < -0.39 is 9.84 Å². The lowest BCUT2D eigenvalue weighted by Gasteiger charge is -2.13. The lowest BCUT2D eigenvalue weighted by molar-refractivity contribution is 0.541. The zero-order chi connectivity index (χ0) is 15.5. The Morgan fingerprint density at radius 1 is 1.52 bits per heavy atom. The van der Waals surface area contributed by atoms with E-state index in [-0.39, 0.29) is 16.6 Å². The van der Waals surface area contributed by atoms with Crippen LogP contribution in [-0.2, 0) is 16.4 Å². The molecule has 6 nitrogen and oxygen atoms in total. The summed E-state index contributed by atoms with van der Waals surface area (Å²) in [6.07, 6.45) is 4.85. The summed E-state index contributed by atoms with van der Waals surface area (Å²) in [6, 6.07) is 0. The van der Waals surface area contributed by atoms with E-state index in [9.17, 15) is 13.2 Å². The van der Waals surface area contributed by atoms with Crippen LogP contribution in [0.2, 0.25) is 0 Å². The summed E-state index contributed by atoms with van der Waals surface area (Å²) < 4.78 is 25.4. The minimum absolute atomic E-state index is 0.192. The van der Waals surface area contributed by atoms with Gasteiger partial charge in [0.05, 0.1) is 22.9 Å². The van der Waals surface area contributed by atoms with Gasteiger partial charge < -0.3 is 5.32 Å². The number of sulfone groups is 1. The molecule has 8 heteroatoms. The second-order valence-electron chi connectivity index (χ2n) is 5.27. The Morgan fingerprint density at radius 2 is 2.29 bits per heavy atom. The Balaban J connectivity index is 2.08. The van der Waals surface area contributed by atoms with Crippen molar-refractivity contribution < 1.29 is 8.42 Å². The summed E-state index contributed by atoms with van der Waals surface area (Å²) in [5, 5.41) is 6.78. The normalized spacial score (nSPS) is 20.6. The Morgan fingerprint density at radius 3 is 2.90 bits per heavy atom. The molecule has 1 N–H and O–H groups in total. The lowest BCUT2D eigenvalue weighted by atomic mass is 10.2. The molecule has 1 fully saturated rings. The second-order valence-corrected chi connectivity index (χ2v) is 8.46. The average Bonchev–Trinajstić information content (AvgIpc) is 2.78. The highest BCUT2D eigenvalue weighted by molar-refractivity contribution is 9.10. The summed E-state index contributed by atoms with van der Waals surface area (Å²) in [5.41, 5.74) is 0.359. The number of nitrogens with zero attached hydrogens (tertiary/aromatic N) is 2. The van der Waals surface area contributed by atoms with Gasteiger partial charge in [-0.25, -0.2) is 13.1 Å². The van der Waals surface area contributed by atoms with Gasteiger partial charge in [0, 0.05) is 13.1 Å². The molecule has 0 spiro atoms. The summed E-state index contributed by atoms with van der Waals surface area (Å²) in [6.45, 7) is 2.96. The van der Waals surface area contributed by atoms with Gasteiger partial charge in [0.2, 0.25) is 0 Å². The van der Waals surface area contributed by atoms with Crippen LogP contribution in [0, 0.1) is 0 Å². The van der Waals surface area contributed by atoms with Crippen molar-refractivity contribution in [3.8, 4) is 0 Å². The van der Waals surface area contributed by atoms with Crippen LogP contribution < -0.4 is 10.9 Å². The fourth-order valence-corrected chi connectivity index (χ4v) is 4.58. The lowest BCUT2D eigenvalue weighted by Crippen LogP contribution is -2.28. The minimum atomic E-state index is -2.98. The van der Waals surface area contributed by atoms with Gasteiger partial charge in [-0.1, -0.05) is 13.3 Å². The van der Waals surface area contributed by atoms with Crippen molar-refractivity contribution in [2.45, 2.75) is 44.4 Å². The van der Waals surface area contributed by atoms with Crippen LogP contribution >= 0.6 is 15.9 Å². The van der Waals surface area contributed by atoms with Crippen LogP contribution in [0.15, 0.2) is 15.5 Å². The molecule has 0 amide bonds. The van der Waals surface area contributed by atoms with E-state index >= 15 is 0 Å². The second kappa shape index (κ2) is 6.91. The Labute approximate surface area is 133 Å². The fraction of sp³-hybridized carbons (Fsp3) is 0.692. The maximum atomic E-state index is 12.1. The van der Waals surface area contributed by atoms with Crippen LogP contribution in [0.3, 0.4) is 0 Å². The van der Waals surface area contributed by atoms with Gasteiger partial charge in [-0.15, -0.1) is 0 Å². The monoisotopic (exact) mass is 377 g/mol. The van der Waals surface area contributed by atoms with Crippen molar-refractivity contribution in [3.05, 3.63) is 21.0 Å². The zero-order valence-electron chi connectivity index (χ0n) is 12.0. The summed E-state index contributed by atoms with van der Waals surface area (Å²) in [4.78, 5) is 12.1. The molecule has 21 heavy (non-hydrogen) atoms. The number of unbranched alkanes of at least 4 members (excludes halogenated alkanes) is 1. The van der Waals surface area contributed by atoms with E-state index in [4.69, 9.17) is 0 Å². The summed E-state index contributed by atoms with van der Waals surface area (Å²) in [7, 11) is -2.98. The molecule has 1 saturated heterocycles. The smallest absolute Gasteiger partial charge is 0.283 e. The molecule has 2 heterocycles. The number of hydrogen-bond donors (Lipinski definition) is 1. The molecule has 2 rings (SSSR count). The minimum Gasteiger partial charge on any atom is -0.381 e. The summed E-state index contributed by atoms with van der Waals surface area (Å²) in [5.74, 6) is 0.261. The predicted molar refractivity (Wildman–Crippen MR) is 86.4 cm³/mol. The first-order chi connectivity index (χ1) is 9.95. The summed E-state index contributed by atoms with van der Waals surface area (Å²) >= 11 is 3.28. The third-order valence-electron chi connectivity index (χ3n) is 3.69. The third kappa shape index (κ3) is 3.85. The number of nitrogens with one attached hydrogen (secondary N) is 1. The van der Waals surface area contributed by atoms with Crippen LogP contribution in [0.25, 0.3) is 0 Å². The molecule has 1 aliphatic heterocycles. The first-order valence-corrected chi connectivity index (χ1v) is 9.67. The molecule has 0 radical (unpaired) electrons. The number of hydrogen-bond acceptors (Lipinski definition) is 5. The van der Waals surface area contributed by atoms with Crippen LogP contribution in [0.5, 0.6) is 0 Å². The van der Waals surface area contributed by atoms with Gasteiger partial charge in [-0.05, 0) is 35.2 Å². The van der Waals surface area contributed by atoms with Gasteiger partial charge in [-0.2, -0.15) is 5.10 Å². The highest BCUT2D eigenvalue weighted by Crippen LogP contribution is 2.22. The molecule has 0 aliphatic carbocycles. The molecule has 118 valence electrons. The quantitative estimate of drug-likeness (QED) is 0.817. The Bertz CT molecular complexity index is 657. The molecular formula is C13H20BrN3O3S. The number of anilines is 1. The zero-order valence-corrected chi connectivity index (χ0v) is 14.4. The first-order valence-electron chi connectivity index (χ1n) is 7.16. The van der Waals surface area contributed by atoms with Crippen LogP contribution in [0.4, 0.5) is 5.69 Å². The number of halogens is 1. The third-order valence-corrected chi connectivity index (χ3v) is 6.73. The standard InChI is InChI=1S/C13H20BrN3O3S/c1-2-3-6-17-13(18)12(14)11(9-16-17)15-8-10-5-4-7-21(10,19)20/h9-10,15H,2-8H2,1H3. The molecule has 1 unspecified atom stereocenters. The highest BCUT2D eigenvalue weighted by Gasteiger charge is 2.31. The molecule has 0 saturated carbocycles. The maximum absolute atomic E-state index is 12.1. The van der Waals surface area contributed by atoms with Crippen molar-refractivity contribution in [1.29, 1.82) is 0 Å². The molecular weight excluding hydrogens is 358 g/mol. The molecule has 1 aliphatic rings. The van der Waals surface area contributed by atoms with Crippen LogP contribution in [-0.4, -0.2) is 35.7 Å². The topological polar surface area (TPSA) is 81.1 Å². The van der Waals surface area contributed by atoms with Crippen LogP contribution in [0.1, 0.15) is 32.6 Å². The largest absolute Gasteiger partial charge is 0.381 e. The molecule has 1 atom stereocenters. The van der Waals surface area contributed by atoms with E-state index in [0.29, 0.717) is 36.1 Å². The van der Waals surface area contributed by atoms with Crippen molar-refractivity contribution in [2.75, 3.05) is 17.6 Å². The molecule has 0 aromatic carbocycles. The maximum Gasteiger partial charge on any atom is 0.283 e. The van der Waals surface area contributed by atoms with E-state index in [1.54, 1.807) is 6.20 Å². The first kappa shape index (κ1) is 16.5. The van der Waals surface area contributed by atoms with E-state index in [1.807, 2.05) is 0 Å². The van der Waals surface area contributed by atoms with Gasteiger partial charge in [0.1, 0.15) is 4.47 Å². The molecule has 1 aromatic heterocycles. The van der Waals surface area contributed by atoms with Gasteiger partial charge in [0.25, 0.3) is 5.56 Å². The predicted octanol–water partition coefficient (Wildman–Crippen LogP) is 1.79. The van der Waals surface area contributed by atoms with E-state index in [2.05, 4.69) is 33.3 Å². The van der Waals surface area contributed by atoms with E-state index in [0.717, 1.165) is 12.8 Å². The van der Waals surface area contributed by atoms with Gasteiger partial charge in [0.15, 0.2) is 9.84 Å². The fourth-order valence-electron chi connectivity index (χ4n) is 2.37. The Kier molecular flexibility index (Phi) is 5.43. The number of aromatic nitrogens is 2. The molecule has 1 aromatic rings. The van der Waals surface area contributed by atoms with Crippen molar-refractivity contribution in [1.82, 2.24) is 9.78 Å². The van der Waals surface area contributed by atoms with Gasteiger partial charge >= 0.3 is 0 Å². The van der Waals surface area contributed by atoms with Crippen molar-refractivity contribution in [3.63, 3.8) is 0 Å². The highest BCUT2D eigenvalue weighted by atomic mass is 79.9. The number of aryl methyl sites for hydroxylation is 1. The average molecular weight is 378 g/mol. The SMILES string of the molecule is CCCCn1ncc(NCC2CCCS2(=O)=O)c(Br)c1=O.